The fourth-order valence-electron chi connectivity index (χ4n) is 2.57. The predicted octanol–water partition coefficient (Wildman–Crippen LogP) is 2.65. The van der Waals surface area contributed by atoms with Gasteiger partial charge in [0, 0.05) is 23.6 Å². The van der Waals surface area contributed by atoms with Crippen molar-refractivity contribution in [1.29, 1.82) is 0 Å². The standard InChI is InChI=1S/C18H23NO2/c1-13-15(7-3-4-12-20)8-6-11-17(13)18(21)19-14(2)16-9-5-10-16/h6,8,11,14,16,20H,4-5,9-10,12H2,1-2H3,(H,19,21). The van der Waals surface area contributed by atoms with E-state index in [1.54, 1.807) is 0 Å². The lowest BCUT2D eigenvalue weighted by atomic mass is 9.80. The summed E-state index contributed by atoms with van der Waals surface area (Å²) in [5, 5.41) is 11.9. The molecule has 1 aliphatic carbocycles. The lowest BCUT2D eigenvalue weighted by Crippen LogP contribution is -2.40. The van der Waals surface area contributed by atoms with Crippen LogP contribution in [0.5, 0.6) is 0 Å². The van der Waals surface area contributed by atoms with Crippen molar-refractivity contribution in [2.24, 2.45) is 5.92 Å². The molecular weight excluding hydrogens is 262 g/mol. The molecule has 2 N–H and O–H groups in total. The van der Waals surface area contributed by atoms with E-state index in [0.29, 0.717) is 17.9 Å². The molecule has 1 saturated carbocycles. The Bertz CT molecular complexity index is 564. The maximum atomic E-state index is 12.4. The summed E-state index contributed by atoms with van der Waals surface area (Å²) in [4.78, 5) is 12.4. The van der Waals surface area contributed by atoms with Crippen LogP contribution in [0.25, 0.3) is 0 Å². The first-order valence-corrected chi connectivity index (χ1v) is 7.63. The van der Waals surface area contributed by atoms with Crippen LogP contribution in [0.1, 0.15) is 54.1 Å². The number of carbonyl (C=O) groups is 1. The average Bonchev–Trinajstić information content (AvgIpc) is 2.38. The fourth-order valence-corrected chi connectivity index (χ4v) is 2.57. The summed E-state index contributed by atoms with van der Waals surface area (Å²) in [6.07, 6.45) is 4.16. The van der Waals surface area contributed by atoms with Crippen LogP contribution in [-0.4, -0.2) is 23.7 Å². The molecule has 1 atom stereocenters. The van der Waals surface area contributed by atoms with Crippen molar-refractivity contribution >= 4 is 5.91 Å². The smallest absolute Gasteiger partial charge is 0.251 e. The highest BCUT2D eigenvalue weighted by Gasteiger charge is 2.25. The van der Waals surface area contributed by atoms with Gasteiger partial charge in [-0.15, -0.1) is 0 Å². The van der Waals surface area contributed by atoms with Gasteiger partial charge in [0.25, 0.3) is 5.91 Å². The molecule has 21 heavy (non-hydrogen) atoms. The lowest BCUT2D eigenvalue weighted by molar-refractivity contribution is 0.0908. The Morgan fingerprint density at radius 2 is 2.24 bits per heavy atom. The van der Waals surface area contributed by atoms with E-state index in [4.69, 9.17) is 5.11 Å². The van der Waals surface area contributed by atoms with Crippen molar-refractivity contribution in [1.82, 2.24) is 5.32 Å². The molecule has 0 spiro atoms. The Kier molecular flexibility index (Phi) is 5.41. The summed E-state index contributed by atoms with van der Waals surface area (Å²) in [5.74, 6) is 6.53. The summed E-state index contributed by atoms with van der Waals surface area (Å²) in [5.41, 5.74) is 2.45. The van der Waals surface area contributed by atoms with Gasteiger partial charge in [0.1, 0.15) is 0 Å². The first-order chi connectivity index (χ1) is 10.1. The number of rotatable bonds is 4. The second-order valence-electron chi connectivity index (χ2n) is 5.71. The van der Waals surface area contributed by atoms with Gasteiger partial charge in [0.2, 0.25) is 0 Å². The molecule has 1 amide bonds. The van der Waals surface area contributed by atoms with Gasteiger partial charge >= 0.3 is 0 Å². The van der Waals surface area contributed by atoms with E-state index >= 15 is 0 Å². The molecule has 0 aliphatic heterocycles. The van der Waals surface area contributed by atoms with Crippen LogP contribution in [0.3, 0.4) is 0 Å². The normalized spacial score (nSPS) is 15.6. The molecule has 0 bridgehead atoms. The molecule has 1 fully saturated rings. The van der Waals surface area contributed by atoms with Crippen molar-refractivity contribution in [3.05, 3.63) is 34.9 Å². The van der Waals surface area contributed by atoms with Crippen molar-refractivity contribution in [3.63, 3.8) is 0 Å². The minimum absolute atomic E-state index is 0.0160. The van der Waals surface area contributed by atoms with Crippen LogP contribution in [0.15, 0.2) is 18.2 Å². The monoisotopic (exact) mass is 285 g/mol. The summed E-state index contributed by atoms with van der Waals surface area (Å²) >= 11 is 0. The summed E-state index contributed by atoms with van der Waals surface area (Å²) in [6.45, 7) is 4.07. The van der Waals surface area contributed by atoms with Gasteiger partial charge in [0.15, 0.2) is 0 Å². The number of aliphatic hydroxyl groups is 1. The number of amides is 1. The van der Waals surface area contributed by atoms with Gasteiger partial charge in [-0.3, -0.25) is 4.79 Å². The Morgan fingerprint density at radius 3 is 2.86 bits per heavy atom. The van der Waals surface area contributed by atoms with E-state index in [0.717, 1.165) is 11.1 Å². The number of aliphatic hydroxyl groups excluding tert-OH is 1. The highest BCUT2D eigenvalue weighted by molar-refractivity contribution is 5.96. The fraction of sp³-hybridized carbons (Fsp3) is 0.500. The number of hydrogen-bond donors (Lipinski definition) is 2. The van der Waals surface area contributed by atoms with Gasteiger partial charge in [0.05, 0.1) is 6.61 Å². The molecule has 3 heteroatoms. The quantitative estimate of drug-likeness (QED) is 0.836. The number of benzene rings is 1. The van der Waals surface area contributed by atoms with Gasteiger partial charge in [-0.2, -0.15) is 0 Å². The van der Waals surface area contributed by atoms with Crippen molar-refractivity contribution < 1.29 is 9.90 Å². The van der Waals surface area contributed by atoms with E-state index in [1.807, 2.05) is 25.1 Å². The highest BCUT2D eigenvalue weighted by atomic mass is 16.2. The van der Waals surface area contributed by atoms with Crippen molar-refractivity contribution in [2.45, 2.75) is 45.6 Å². The third-order valence-corrected chi connectivity index (χ3v) is 4.25. The van der Waals surface area contributed by atoms with Crippen LogP contribution in [0, 0.1) is 24.7 Å². The SMILES string of the molecule is Cc1c(C#CCCO)cccc1C(=O)NC(C)C1CCC1. The lowest BCUT2D eigenvalue weighted by Gasteiger charge is -2.32. The Labute approximate surface area is 126 Å². The zero-order valence-electron chi connectivity index (χ0n) is 12.8. The van der Waals surface area contributed by atoms with Crippen LogP contribution >= 0.6 is 0 Å². The van der Waals surface area contributed by atoms with E-state index in [9.17, 15) is 4.79 Å². The number of nitrogens with one attached hydrogen (secondary N) is 1. The molecule has 0 aromatic heterocycles. The highest BCUT2D eigenvalue weighted by Crippen LogP contribution is 2.29. The second-order valence-corrected chi connectivity index (χ2v) is 5.71. The summed E-state index contributed by atoms with van der Waals surface area (Å²) in [7, 11) is 0. The van der Waals surface area contributed by atoms with Crippen molar-refractivity contribution in [2.75, 3.05) is 6.61 Å². The molecule has 1 aromatic carbocycles. The van der Waals surface area contributed by atoms with E-state index < -0.39 is 0 Å². The molecule has 0 saturated heterocycles. The Hall–Kier alpha value is -1.79. The molecule has 0 heterocycles. The molecule has 1 aliphatic rings. The molecule has 112 valence electrons. The molecule has 1 unspecified atom stereocenters. The molecule has 3 nitrogen and oxygen atoms in total. The third-order valence-electron chi connectivity index (χ3n) is 4.25. The van der Waals surface area contributed by atoms with Gasteiger partial charge in [-0.25, -0.2) is 0 Å². The van der Waals surface area contributed by atoms with E-state index in [1.165, 1.54) is 19.3 Å². The molecule has 0 radical (unpaired) electrons. The molecule has 1 aromatic rings. The van der Waals surface area contributed by atoms with Crippen LogP contribution in [0.2, 0.25) is 0 Å². The summed E-state index contributed by atoms with van der Waals surface area (Å²) in [6, 6.07) is 5.84. The second kappa shape index (κ2) is 7.28. The molecular formula is C18H23NO2. The Balaban J connectivity index is 2.10. The van der Waals surface area contributed by atoms with Crippen LogP contribution in [0.4, 0.5) is 0 Å². The first kappa shape index (κ1) is 15.6. The minimum Gasteiger partial charge on any atom is -0.395 e. The maximum Gasteiger partial charge on any atom is 0.251 e. The minimum atomic E-state index is -0.0160. The van der Waals surface area contributed by atoms with Crippen LogP contribution in [-0.2, 0) is 0 Å². The van der Waals surface area contributed by atoms with Gasteiger partial charge in [-0.05, 0) is 50.3 Å². The largest absolute Gasteiger partial charge is 0.395 e. The summed E-state index contributed by atoms with van der Waals surface area (Å²) < 4.78 is 0. The maximum absolute atomic E-state index is 12.4. The van der Waals surface area contributed by atoms with Gasteiger partial charge < -0.3 is 10.4 Å². The zero-order chi connectivity index (χ0) is 15.2. The topological polar surface area (TPSA) is 49.3 Å². The van der Waals surface area contributed by atoms with E-state index in [-0.39, 0.29) is 18.6 Å². The third kappa shape index (κ3) is 3.86. The van der Waals surface area contributed by atoms with Crippen molar-refractivity contribution in [3.8, 4) is 11.8 Å². The van der Waals surface area contributed by atoms with Crippen LogP contribution < -0.4 is 5.32 Å². The first-order valence-electron chi connectivity index (χ1n) is 7.63. The average molecular weight is 285 g/mol. The molecule has 2 rings (SSSR count). The van der Waals surface area contributed by atoms with Gasteiger partial charge in [-0.1, -0.05) is 24.3 Å². The number of carbonyl (C=O) groups excluding carboxylic acids is 1. The Morgan fingerprint density at radius 1 is 1.48 bits per heavy atom. The zero-order valence-corrected chi connectivity index (χ0v) is 12.8. The number of hydrogen-bond acceptors (Lipinski definition) is 2. The van der Waals surface area contributed by atoms with E-state index in [2.05, 4.69) is 24.1 Å². The predicted molar refractivity (Wildman–Crippen MR) is 84.0 cm³/mol.